The lowest BCUT2D eigenvalue weighted by Gasteiger charge is -2.31. The molecule has 2 aliphatic heterocycles. The van der Waals surface area contributed by atoms with Gasteiger partial charge in [0, 0.05) is 38.4 Å². The van der Waals surface area contributed by atoms with Gasteiger partial charge in [-0.3, -0.25) is 5.21 Å². The van der Waals surface area contributed by atoms with Gasteiger partial charge < -0.3 is 19.7 Å². The van der Waals surface area contributed by atoms with Crippen molar-refractivity contribution in [1.82, 2.24) is 14.5 Å². The number of benzene rings is 2. The number of nitrogens with zero attached hydrogens (tertiary/aromatic N) is 4. The third kappa shape index (κ3) is 3.20. The number of fused-ring (bicyclic) bond motifs is 2. The van der Waals surface area contributed by atoms with Gasteiger partial charge in [0.25, 0.3) is 5.36 Å². The average molecular weight is 368 g/mol. The molecule has 140 valence electrons. The van der Waals surface area contributed by atoms with Crippen LogP contribution >= 0.6 is 0 Å². The summed E-state index contributed by atoms with van der Waals surface area (Å²) < 4.78 is 6.25. The Kier molecular flexibility index (Phi) is 4.43. The molecule has 8 nitrogen and oxygen atoms in total. The Morgan fingerprint density at radius 1 is 1.11 bits per heavy atom. The van der Waals surface area contributed by atoms with E-state index < -0.39 is 6.09 Å². The number of hydroxylamine groups is 1. The number of amides is 1. The number of piperazine rings is 1. The number of para-hydroxylation sites is 3. The van der Waals surface area contributed by atoms with Crippen molar-refractivity contribution in [2.75, 3.05) is 38.3 Å². The number of anilines is 1. The Balaban J connectivity index is 1.77. The van der Waals surface area contributed by atoms with Gasteiger partial charge in [0.05, 0.1) is 5.22 Å². The van der Waals surface area contributed by atoms with E-state index in [0.29, 0.717) is 28.7 Å². The quantitative estimate of drug-likeness (QED) is 0.589. The van der Waals surface area contributed by atoms with Gasteiger partial charge >= 0.3 is 6.09 Å². The predicted molar refractivity (Wildman–Crippen MR) is 100 cm³/mol. The summed E-state index contributed by atoms with van der Waals surface area (Å²) >= 11 is 0. The molecular weight excluding hydrogens is 348 g/mol. The summed E-state index contributed by atoms with van der Waals surface area (Å²) in [6.45, 7) is 2.70. The van der Waals surface area contributed by atoms with E-state index in [1.54, 1.807) is 47.4 Å². The smallest absolute Gasteiger partial charge is 0.415 e. The SMILES string of the molecule is CN1CCN(C(=O)Oc2cccc3c2=[N+]([O-])c2ccccc2N(O)C=3)CC1. The van der Waals surface area contributed by atoms with Crippen LogP contribution in [-0.4, -0.2) is 54.3 Å². The van der Waals surface area contributed by atoms with E-state index in [9.17, 15) is 15.2 Å². The molecule has 1 fully saturated rings. The van der Waals surface area contributed by atoms with Gasteiger partial charge in [-0.1, -0.05) is 18.2 Å². The van der Waals surface area contributed by atoms with Crippen LogP contribution in [0, 0.1) is 5.21 Å². The average Bonchev–Trinajstić information content (AvgIpc) is 2.78. The van der Waals surface area contributed by atoms with E-state index in [0.717, 1.165) is 18.2 Å². The maximum absolute atomic E-state index is 13.0. The number of likely N-dealkylation sites (N-methyl/N-ethyl adjacent to an activating group) is 1. The first-order chi connectivity index (χ1) is 13.0. The first kappa shape index (κ1) is 17.3. The summed E-state index contributed by atoms with van der Waals surface area (Å²) in [5.41, 5.74) is 0.609. The molecule has 4 rings (SSSR count). The number of carbonyl (C=O) groups is 1. The third-order valence-electron chi connectivity index (χ3n) is 4.80. The number of ether oxygens (including phenoxy) is 1. The summed E-state index contributed by atoms with van der Waals surface area (Å²) in [5.74, 6) is 0.160. The van der Waals surface area contributed by atoms with E-state index in [-0.39, 0.29) is 16.8 Å². The molecule has 0 unspecified atom stereocenters. The van der Waals surface area contributed by atoms with E-state index in [1.807, 2.05) is 7.05 Å². The Bertz CT molecular complexity index is 999. The highest BCUT2D eigenvalue weighted by molar-refractivity contribution is 5.73. The molecule has 1 amide bonds. The summed E-state index contributed by atoms with van der Waals surface area (Å²) in [6, 6.07) is 11.6. The maximum atomic E-state index is 13.0. The van der Waals surface area contributed by atoms with Crippen LogP contribution in [-0.2, 0) is 0 Å². The molecule has 0 aromatic heterocycles. The Morgan fingerprint density at radius 2 is 1.85 bits per heavy atom. The maximum Gasteiger partial charge on any atom is 0.415 e. The van der Waals surface area contributed by atoms with Gasteiger partial charge in [0.2, 0.25) is 11.4 Å². The van der Waals surface area contributed by atoms with Crippen LogP contribution in [0.2, 0.25) is 0 Å². The second-order valence-electron chi connectivity index (χ2n) is 6.61. The monoisotopic (exact) mass is 368 g/mol. The molecule has 0 bridgehead atoms. The van der Waals surface area contributed by atoms with Crippen molar-refractivity contribution in [3.05, 3.63) is 58.2 Å². The van der Waals surface area contributed by atoms with Crippen molar-refractivity contribution >= 4 is 23.7 Å². The molecule has 1 saturated heterocycles. The summed E-state index contributed by atoms with van der Waals surface area (Å²) in [4.78, 5) is 16.3. The van der Waals surface area contributed by atoms with Crippen molar-refractivity contribution in [1.29, 1.82) is 0 Å². The lowest BCUT2D eigenvalue weighted by molar-refractivity contribution is 0.120. The first-order valence-electron chi connectivity index (χ1n) is 8.72. The third-order valence-corrected chi connectivity index (χ3v) is 4.80. The van der Waals surface area contributed by atoms with Crippen molar-refractivity contribution in [3.63, 3.8) is 0 Å². The normalized spacial score (nSPS) is 16.9. The topological polar surface area (TPSA) is 82.3 Å². The first-order valence-corrected chi connectivity index (χ1v) is 8.72. The lowest BCUT2D eigenvalue weighted by atomic mass is 10.2. The fourth-order valence-electron chi connectivity index (χ4n) is 3.24. The van der Waals surface area contributed by atoms with Gasteiger partial charge in [-0.25, -0.2) is 9.86 Å². The van der Waals surface area contributed by atoms with Crippen LogP contribution in [0.25, 0.3) is 6.20 Å². The highest BCUT2D eigenvalue weighted by atomic mass is 16.6. The van der Waals surface area contributed by atoms with Gasteiger partial charge in [-0.05, 0) is 25.2 Å². The molecule has 2 aromatic carbocycles. The molecule has 2 aromatic rings. The molecular formula is C19H20N4O4. The van der Waals surface area contributed by atoms with Crippen LogP contribution in [0.15, 0.2) is 42.5 Å². The Labute approximate surface area is 155 Å². The molecule has 0 saturated carbocycles. The molecule has 0 spiro atoms. The zero-order valence-corrected chi connectivity index (χ0v) is 14.9. The molecule has 0 aliphatic carbocycles. The van der Waals surface area contributed by atoms with Gasteiger partial charge in [0.1, 0.15) is 5.69 Å². The predicted octanol–water partition coefficient (Wildman–Crippen LogP) is 0.701. The van der Waals surface area contributed by atoms with Crippen molar-refractivity contribution < 1.29 is 14.7 Å². The van der Waals surface area contributed by atoms with Gasteiger partial charge in [0.15, 0.2) is 0 Å². The van der Waals surface area contributed by atoms with E-state index in [2.05, 4.69) is 4.90 Å². The van der Waals surface area contributed by atoms with Crippen LogP contribution < -0.4 is 25.1 Å². The van der Waals surface area contributed by atoms with Crippen molar-refractivity contribution in [2.45, 2.75) is 0 Å². The van der Waals surface area contributed by atoms with Crippen molar-refractivity contribution in [3.8, 4) is 5.75 Å². The van der Waals surface area contributed by atoms with Crippen LogP contribution in [0.1, 0.15) is 0 Å². The molecule has 2 aliphatic rings. The zero-order chi connectivity index (χ0) is 19.0. The van der Waals surface area contributed by atoms with Crippen LogP contribution in [0.4, 0.5) is 16.2 Å². The molecule has 8 heteroatoms. The minimum absolute atomic E-state index is 0.160. The van der Waals surface area contributed by atoms with E-state index >= 15 is 0 Å². The fraction of sp³-hybridized carbons (Fsp3) is 0.263. The second kappa shape index (κ2) is 6.90. The second-order valence-corrected chi connectivity index (χ2v) is 6.61. The Hall–Kier alpha value is -3.10. The highest BCUT2D eigenvalue weighted by Gasteiger charge is 2.25. The molecule has 0 radical (unpaired) electrons. The number of carbonyl (C=O) groups excluding carboxylic acids is 1. The molecule has 2 heterocycles. The number of hydrogen-bond acceptors (Lipinski definition) is 6. The minimum Gasteiger partial charge on any atom is -0.618 e. The van der Waals surface area contributed by atoms with E-state index in [1.165, 1.54) is 6.20 Å². The standard InChI is InChI=1S/C19H20N4O4/c1-20-9-11-21(12-10-20)19(24)27-17-8-4-5-14-13-22(25)15-6-2-3-7-16(15)23(26)18(14)17/h2-8,13,25H,9-12H2,1H3. The number of hydrogen-bond donors (Lipinski definition) is 1. The summed E-state index contributed by atoms with van der Waals surface area (Å²) in [5, 5.41) is 24.9. The Morgan fingerprint density at radius 3 is 2.63 bits per heavy atom. The van der Waals surface area contributed by atoms with Crippen LogP contribution in [0.3, 0.4) is 0 Å². The van der Waals surface area contributed by atoms with E-state index in [4.69, 9.17) is 4.74 Å². The van der Waals surface area contributed by atoms with Crippen LogP contribution in [0.5, 0.6) is 5.75 Å². The number of rotatable bonds is 1. The largest absolute Gasteiger partial charge is 0.618 e. The summed E-state index contributed by atoms with van der Waals surface area (Å²) in [7, 11) is 2.00. The van der Waals surface area contributed by atoms with Gasteiger partial charge in [-0.15, -0.1) is 0 Å². The lowest BCUT2D eigenvalue weighted by Crippen LogP contribution is -2.48. The highest BCUT2D eigenvalue weighted by Crippen LogP contribution is 2.26. The summed E-state index contributed by atoms with van der Waals surface area (Å²) in [6.07, 6.45) is 0.947. The fourth-order valence-corrected chi connectivity index (χ4v) is 3.24. The molecule has 0 atom stereocenters. The van der Waals surface area contributed by atoms with Crippen molar-refractivity contribution in [2.24, 2.45) is 0 Å². The van der Waals surface area contributed by atoms with Gasteiger partial charge in [-0.2, -0.15) is 4.74 Å². The molecule has 1 N–H and O–H groups in total. The minimum atomic E-state index is -0.483. The zero-order valence-electron chi connectivity index (χ0n) is 14.9. The molecule has 27 heavy (non-hydrogen) atoms.